The Morgan fingerprint density at radius 2 is 2.09 bits per heavy atom. The van der Waals surface area contributed by atoms with Gasteiger partial charge in [-0.1, -0.05) is 6.07 Å². The van der Waals surface area contributed by atoms with Gasteiger partial charge >= 0.3 is 5.97 Å². The monoisotopic (exact) mass is 316 g/mol. The Bertz CT molecular complexity index is 670. The number of nitrogens with zero attached hydrogens (tertiary/aromatic N) is 2. The number of fused-ring (bicyclic) bond motifs is 1. The van der Waals surface area contributed by atoms with Gasteiger partial charge < -0.3 is 19.1 Å². The van der Waals surface area contributed by atoms with E-state index in [1.54, 1.807) is 11.1 Å². The number of aliphatic carboxylic acids is 1. The number of carboxylic acid groups (broad SMARTS) is 1. The Hall–Kier alpha value is -2.34. The third-order valence-electron chi connectivity index (χ3n) is 4.21. The number of carbonyl (C=O) groups excluding carboxylic acids is 1. The first-order valence-electron chi connectivity index (χ1n) is 7.82. The van der Waals surface area contributed by atoms with Crippen molar-refractivity contribution >= 4 is 17.4 Å². The number of pyridine rings is 1. The van der Waals surface area contributed by atoms with Crippen molar-refractivity contribution in [3.8, 4) is 0 Å². The average molecular weight is 316 g/mol. The molecule has 0 spiro atoms. The molecule has 3 heterocycles. The molecule has 122 valence electrons. The van der Waals surface area contributed by atoms with E-state index < -0.39 is 5.97 Å². The van der Waals surface area contributed by atoms with Crippen molar-refractivity contribution in [3.63, 3.8) is 0 Å². The SMILES string of the molecule is O=C(O)CCN(C(=O)c1cc2ccccn2c1)C1CCOCC1. The molecule has 2 aromatic heterocycles. The lowest BCUT2D eigenvalue weighted by molar-refractivity contribution is -0.137. The zero-order chi connectivity index (χ0) is 16.2. The van der Waals surface area contributed by atoms with Crippen molar-refractivity contribution < 1.29 is 19.4 Å². The van der Waals surface area contributed by atoms with Crippen molar-refractivity contribution in [2.75, 3.05) is 19.8 Å². The Morgan fingerprint density at radius 1 is 1.30 bits per heavy atom. The van der Waals surface area contributed by atoms with Gasteiger partial charge in [0.1, 0.15) is 0 Å². The summed E-state index contributed by atoms with van der Waals surface area (Å²) in [6.45, 7) is 1.45. The maximum Gasteiger partial charge on any atom is 0.305 e. The van der Waals surface area contributed by atoms with Crippen LogP contribution < -0.4 is 0 Å². The normalized spacial score (nSPS) is 15.7. The molecular weight excluding hydrogens is 296 g/mol. The molecule has 6 heteroatoms. The molecule has 0 aromatic carbocycles. The van der Waals surface area contributed by atoms with Crippen LogP contribution >= 0.6 is 0 Å². The second-order valence-corrected chi connectivity index (χ2v) is 5.75. The van der Waals surface area contributed by atoms with Gasteiger partial charge in [-0.2, -0.15) is 0 Å². The molecule has 2 aromatic rings. The van der Waals surface area contributed by atoms with Gasteiger partial charge in [-0.05, 0) is 31.0 Å². The highest BCUT2D eigenvalue weighted by atomic mass is 16.5. The maximum atomic E-state index is 12.9. The van der Waals surface area contributed by atoms with Crippen LogP contribution in [-0.4, -0.2) is 52.1 Å². The molecule has 3 rings (SSSR count). The van der Waals surface area contributed by atoms with Gasteiger partial charge in [0, 0.05) is 43.7 Å². The molecule has 23 heavy (non-hydrogen) atoms. The molecule has 1 fully saturated rings. The Labute approximate surface area is 134 Å². The number of amides is 1. The minimum atomic E-state index is -0.892. The number of rotatable bonds is 5. The molecule has 0 unspecified atom stereocenters. The number of hydrogen-bond donors (Lipinski definition) is 1. The van der Waals surface area contributed by atoms with Crippen LogP contribution in [0.1, 0.15) is 29.6 Å². The maximum absolute atomic E-state index is 12.9. The lowest BCUT2D eigenvalue weighted by Crippen LogP contribution is -2.44. The molecule has 0 aliphatic carbocycles. The van der Waals surface area contributed by atoms with Gasteiger partial charge in [0.2, 0.25) is 0 Å². The molecule has 1 amide bonds. The molecule has 6 nitrogen and oxygen atoms in total. The second kappa shape index (κ2) is 6.83. The minimum absolute atomic E-state index is 0.0404. The van der Waals surface area contributed by atoms with Gasteiger partial charge in [-0.15, -0.1) is 0 Å². The van der Waals surface area contributed by atoms with Gasteiger partial charge in [0.15, 0.2) is 0 Å². The van der Waals surface area contributed by atoms with E-state index in [0.29, 0.717) is 18.8 Å². The predicted molar refractivity (Wildman–Crippen MR) is 84.5 cm³/mol. The van der Waals surface area contributed by atoms with Crippen molar-refractivity contribution in [1.29, 1.82) is 0 Å². The predicted octanol–water partition coefficient (Wildman–Crippen LogP) is 2.04. The zero-order valence-electron chi connectivity index (χ0n) is 12.9. The minimum Gasteiger partial charge on any atom is -0.481 e. The Kier molecular flexibility index (Phi) is 4.62. The van der Waals surface area contributed by atoms with Gasteiger partial charge in [-0.3, -0.25) is 9.59 Å². The summed E-state index contributed by atoms with van der Waals surface area (Å²) in [7, 11) is 0. The summed E-state index contributed by atoms with van der Waals surface area (Å²) in [6, 6.07) is 7.65. The van der Waals surface area contributed by atoms with Crippen molar-refractivity contribution in [1.82, 2.24) is 9.30 Å². The van der Waals surface area contributed by atoms with Crippen molar-refractivity contribution in [2.45, 2.75) is 25.3 Å². The summed E-state index contributed by atoms with van der Waals surface area (Å²) < 4.78 is 7.25. The van der Waals surface area contributed by atoms with Crippen LogP contribution in [0.25, 0.3) is 5.52 Å². The Balaban J connectivity index is 1.84. The average Bonchev–Trinajstić information content (AvgIpc) is 2.99. The largest absolute Gasteiger partial charge is 0.481 e. The number of carbonyl (C=O) groups is 2. The van der Waals surface area contributed by atoms with Gasteiger partial charge in [-0.25, -0.2) is 0 Å². The highest BCUT2D eigenvalue weighted by Crippen LogP contribution is 2.19. The summed E-state index contributed by atoms with van der Waals surface area (Å²) in [5, 5.41) is 8.96. The second-order valence-electron chi connectivity index (χ2n) is 5.75. The summed E-state index contributed by atoms with van der Waals surface area (Å²) in [4.78, 5) is 25.5. The summed E-state index contributed by atoms with van der Waals surface area (Å²) in [5.41, 5.74) is 1.54. The molecule has 0 radical (unpaired) electrons. The molecule has 1 N–H and O–H groups in total. The third kappa shape index (κ3) is 3.53. The third-order valence-corrected chi connectivity index (χ3v) is 4.21. The fraction of sp³-hybridized carbons (Fsp3) is 0.412. The van der Waals surface area contributed by atoms with E-state index in [0.717, 1.165) is 18.4 Å². The van der Waals surface area contributed by atoms with E-state index in [1.807, 2.05) is 34.9 Å². The van der Waals surface area contributed by atoms with Crippen LogP contribution in [-0.2, 0) is 9.53 Å². The van der Waals surface area contributed by atoms with Crippen LogP contribution in [0, 0.1) is 0 Å². The summed E-state index contributed by atoms with van der Waals surface area (Å²) >= 11 is 0. The van der Waals surface area contributed by atoms with E-state index >= 15 is 0 Å². The lowest BCUT2D eigenvalue weighted by Gasteiger charge is -2.34. The molecule has 1 aliphatic heterocycles. The first-order chi connectivity index (χ1) is 11.1. The van der Waals surface area contributed by atoms with E-state index in [4.69, 9.17) is 9.84 Å². The molecular formula is C17H20N2O4. The highest BCUT2D eigenvalue weighted by Gasteiger charge is 2.27. The quantitative estimate of drug-likeness (QED) is 0.916. The van der Waals surface area contributed by atoms with E-state index in [2.05, 4.69) is 0 Å². The van der Waals surface area contributed by atoms with E-state index in [9.17, 15) is 9.59 Å². The van der Waals surface area contributed by atoms with E-state index in [1.165, 1.54) is 0 Å². The molecule has 0 saturated carbocycles. The van der Waals surface area contributed by atoms with Crippen LogP contribution in [0.3, 0.4) is 0 Å². The van der Waals surface area contributed by atoms with Crippen LogP contribution in [0.15, 0.2) is 36.7 Å². The van der Waals surface area contributed by atoms with Crippen LogP contribution in [0.2, 0.25) is 0 Å². The number of hydrogen-bond acceptors (Lipinski definition) is 3. The van der Waals surface area contributed by atoms with Crippen LogP contribution in [0.5, 0.6) is 0 Å². The van der Waals surface area contributed by atoms with E-state index in [-0.39, 0.29) is 24.9 Å². The lowest BCUT2D eigenvalue weighted by atomic mass is 10.1. The molecule has 0 bridgehead atoms. The fourth-order valence-corrected chi connectivity index (χ4v) is 3.00. The number of aromatic nitrogens is 1. The molecule has 1 aliphatic rings. The summed E-state index contributed by atoms with van der Waals surface area (Å²) in [5.74, 6) is -1.00. The topological polar surface area (TPSA) is 71.2 Å². The number of ether oxygens (including phenoxy) is 1. The zero-order valence-corrected chi connectivity index (χ0v) is 12.9. The first-order valence-corrected chi connectivity index (χ1v) is 7.82. The first kappa shape index (κ1) is 15.6. The molecule has 1 saturated heterocycles. The van der Waals surface area contributed by atoms with Crippen LogP contribution in [0.4, 0.5) is 0 Å². The Morgan fingerprint density at radius 3 is 2.78 bits per heavy atom. The summed E-state index contributed by atoms with van der Waals surface area (Å²) in [6.07, 6.45) is 5.14. The highest BCUT2D eigenvalue weighted by molar-refractivity contribution is 5.96. The standard InChI is InChI=1S/C17H20N2O4/c20-16(21)4-8-19(14-5-9-23-10-6-14)17(22)13-11-15-3-1-2-7-18(15)12-13/h1-3,7,11-12,14H,4-6,8-10H2,(H,20,21). The number of carboxylic acids is 1. The van der Waals surface area contributed by atoms with Gasteiger partial charge in [0.05, 0.1) is 12.0 Å². The smallest absolute Gasteiger partial charge is 0.305 e. The molecule has 0 atom stereocenters. The fourth-order valence-electron chi connectivity index (χ4n) is 3.00. The van der Waals surface area contributed by atoms with Crippen molar-refractivity contribution in [2.24, 2.45) is 0 Å². The van der Waals surface area contributed by atoms with Gasteiger partial charge in [0.25, 0.3) is 5.91 Å². The van der Waals surface area contributed by atoms with Crippen molar-refractivity contribution in [3.05, 3.63) is 42.2 Å².